The average molecular weight is 314 g/mol. The zero-order valence-electron chi connectivity index (χ0n) is 12.2. The summed E-state index contributed by atoms with van der Waals surface area (Å²) < 4.78 is 5.30. The van der Waals surface area contributed by atoms with Crippen molar-refractivity contribution in [2.75, 3.05) is 0 Å². The molecule has 118 valence electrons. The highest BCUT2D eigenvalue weighted by Crippen LogP contribution is 2.36. The van der Waals surface area contributed by atoms with E-state index >= 15 is 0 Å². The molecular weight excluding hydrogens is 300 g/mol. The van der Waals surface area contributed by atoms with Crippen LogP contribution in [0.3, 0.4) is 0 Å². The van der Waals surface area contributed by atoms with Gasteiger partial charge in [-0.25, -0.2) is 0 Å². The molecule has 4 rings (SSSR count). The van der Waals surface area contributed by atoms with E-state index in [4.69, 9.17) is 10.3 Å². The summed E-state index contributed by atoms with van der Waals surface area (Å²) in [4.78, 5) is 14.9. The molecule has 0 radical (unpaired) electrons. The molecule has 1 fully saturated rings. The van der Waals surface area contributed by atoms with Gasteiger partial charge in [-0.1, -0.05) is 18.0 Å². The Kier molecular flexibility index (Phi) is 2.91. The first-order chi connectivity index (χ1) is 11.1. The van der Waals surface area contributed by atoms with Crippen LogP contribution in [0.1, 0.15) is 31.5 Å². The molecule has 1 saturated carbocycles. The molecule has 1 aliphatic carbocycles. The zero-order valence-corrected chi connectivity index (χ0v) is 12.2. The first-order valence-corrected chi connectivity index (χ1v) is 7.33. The van der Waals surface area contributed by atoms with Gasteiger partial charge in [0, 0.05) is 17.5 Å². The monoisotopic (exact) mass is 314 g/mol. The molecule has 3 aromatic rings. The van der Waals surface area contributed by atoms with Crippen molar-refractivity contribution in [2.45, 2.75) is 31.2 Å². The van der Waals surface area contributed by atoms with E-state index in [1.165, 1.54) is 12.1 Å². The fourth-order valence-electron chi connectivity index (χ4n) is 3.03. The van der Waals surface area contributed by atoms with Crippen LogP contribution in [0, 0.1) is 10.1 Å². The summed E-state index contributed by atoms with van der Waals surface area (Å²) >= 11 is 0. The fraction of sp³-hybridized carbons (Fsp3) is 0.357. The van der Waals surface area contributed by atoms with Gasteiger partial charge in [-0.3, -0.25) is 15.2 Å². The Bertz CT molecular complexity index is 893. The molecule has 0 spiro atoms. The molecule has 9 nitrogen and oxygen atoms in total. The normalized spacial score (nSPS) is 16.9. The number of benzene rings is 1. The SMILES string of the molecule is NC1(c2noc(-c3n[nH]c4ccc([N+](=O)[O-])cc34)n2)CCCC1. The molecule has 1 aliphatic rings. The predicted octanol–water partition coefficient (Wildman–Crippen LogP) is 2.25. The molecule has 0 atom stereocenters. The van der Waals surface area contributed by atoms with E-state index in [1.807, 2.05) is 0 Å². The minimum Gasteiger partial charge on any atom is -0.332 e. The van der Waals surface area contributed by atoms with E-state index in [-0.39, 0.29) is 11.6 Å². The molecule has 2 aromatic heterocycles. The van der Waals surface area contributed by atoms with Crippen molar-refractivity contribution in [3.8, 4) is 11.6 Å². The first-order valence-electron chi connectivity index (χ1n) is 7.33. The Hall–Kier alpha value is -2.81. The van der Waals surface area contributed by atoms with Crippen molar-refractivity contribution in [3.05, 3.63) is 34.1 Å². The van der Waals surface area contributed by atoms with Gasteiger partial charge in [-0.05, 0) is 18.9 Å². The number of non-ortho nitro benzene ring substituents is 1. The largest absolute Gasteiger partial charge is 0.332 e. The summed E-state index contributed by atoms with van der Waals surface area (Å²) in [6, 6.07) is 4.45. The molecule has 9 heteroatoms. The summed E-state index contributed by atoms with van der Waals surface area (Å²) in [5.74, 6) is 0.676. The summed E-state index contributed by atoms with van der Waals surface area (Å²) in [6.07, 6.45) is 3.72. The number of H-pyrrole nitrogens is 1. The number of aromatic nitrogens is 4. The number of aromatic amines is 1. The van der Waals surface area contributed by atoms with Crippen LogP contribution < -0.4 is 5.73 Å². The Balaban J connectivity index is 1.79. The third-order valence-electron chi connectivity index (χ3n) is 4.33. The molecule has 23 heavy (non-hydrogen) atoms. The Morgan fingerprint density at radius 3 is 2.87 bits per heavy atom. The van der Waals surface area contributed by atoms with Crippen LogP contribution in [0.4, 0.5) is 5.69 Å². The highest BCUT2D eigenvalue weighted by atomic mass is 16.6. The lowest BCUT2D eigenvalue weighted by Crippen LogP contribution is -2.34. The topological polar surface area (TPSA) is 137 Å². The Morgan fingerprint density at radius 1 is 1.35 bits per heavy atom. The van der Waals surface area contributed by atoms with Crippen molar-refractivity contribution in [1.29, 1.82) is 0 Å². The molecule has 0 unspecified atom stereocenters. The molecule has 1 aromatic carbocycles. The van der Waals surface area contributed by atoms with Crippen LogP contribution in [0.25, 0.3) is 22.5 Å². The number of hydrogen-bond acceptors (Lipinski definition) is 7. The molecular formula is C14H14N6O3. The maximum absolute atomic E-state index is 10.9. The van der Waals surface area contributed by atoms with Gasteiger partial charge >= 0.3 is 0 Å². The van der Waals surface area contributed by atoms with E-state index < -0.39 is 10.5 Å². The summed E-state index contributed by atoms with van der Waals surface area (Å²) in [6.45, 7) is 0. The molecule has 0 saturated heterocycles. The van der Waals surface area contributed by atoms with E-state index in [2.05, 4.69) is 20.3 Å². The van der Waals surface area contributed by atoms with Crippen molar-refractivity contribution in [2.24, 2.45) is 5.73 Å². The lowest BCUT2D eigenvalue weighted by molar-refractivity contribution is -0.384. The number of nitrogens with two attached hydrogens (primary N) is 1. The number of nitrogens with zero attached hydrogens (tertiary/aromatic N) is 4. The summed E-state index contributed by atoms with van der Waals surface area (Å²) in [7, 11) is 0. The zero-order chi connectivity index (χ0) is 16.0. The van der Waals surface area contributed by atoms with E-state index in [0.717, 1.165) is 25.7 Å². The second kappa shape index (κ2) is 4.85. The smallest absolute Gasteiger partial charge is 0.279 e. The molecule has 0 bridgehead atoms. The molecule has 0 amide bonds. The van der Waals surface area contributed by atoms with Gasteiger partial charge in [0.1, 0.15) is 0 Å². The number of nitro benzene ring substituents is 1. The van der Waals surface area contributed by atoms with Gasteiger partial charge < -0.3 is 10.3 Å². The number of hydrogen-bond donors (Lipinski definition) is 2. The van der Waals surface area contributed by atoms with E-state index in [9.17, 15) is 10.1 Å². The van der Waals surface area contributed by atoms with Gasteiger partial charge in [-0.15, -0.1) is 0 Å². The highest BCUT2D eigenvalue weighted by Gasteiger charge is 2.36. The van der Waals surface area contributed by atoms with Crippen LogP contribution in [-0.4, -0.2) is 25.3 Å². The van der Waals surface area contributed by atoms with Gasteiger partial charge in [0.25, 0.3) is 11.6 Å². The molecule has 0 aliphatic heterocycles. The Labute approximate surface area is 130 Å². The highest BCUT2D eigenvalue weighted by molar-refractivity contribution is 5.92. The van der Waals surface area contributed by atoms with Gasteiger partial charge in [0.15, 0.2) is 11.5 Å². The lowest BCUT2D eigenvalue weighted by atomic mass is 9.99. The number of nitro groups is 1. The average Bonchev–Trinajstić information content (AvgIpc) is 3.25. The standard InChI is InChI=1S/C14H14N6O3/c15-14(5-1-2-6-14)13-16-12(23-19-13)11-9-7-8(20(21)22)3-4-10(9)17-18-11/h3-4,7H,1-2,5-6,15H2,(H,17,18). The van der Waals surface area contributed by atoms with Crippen LogP contribution in [0.15, 0.2) is 22.7 Å². The minimum absolute atomic E-state index is 0.0222. The van der Waals surface area contributed by atoms with Gasteiger partial charge in [-0.2, -0.15) is 10.1 Å². The van der Waals surface area contributed by atoms with E-state index in [1.54, 1.807) is 6.07 Å². The summed E-state index contributed by atoms with van der Waals surface area (Å²) in [5, 5.41) is 22.4. The van der Waals surface area contributed by atoms with Crippen molar-refractivity contribution < 1.29 is 9.45 Å². The number of rotatable bonds is 3. The fourth-order valence-corrected chi connectivity index (χ4v) is 3.03. The third kappa shape index (κ3) is 2.16. The lowest BCUT2D eigenvalue weighted by Gasteiger charge is -2.17. The summed E-state index contributed by atoms with van der Waals surface area (Å²) in [5.41, 5.74) is 6.80. The maximum atomic E-state index is 10.9. The number of nitrogens with one attached hydrogen (secondary N) is 1. The quantitative estimate of drug-likeness (QED) is 0.558. The Morgan fingerprint density at radius 2 is 2.13 bits per heavy atom. The van der Waals surface area contributed by atoms with Crippen LogP contribution in [0.2, 0.25) is 0 Å². The van der Waals surface area contributed by atoms with E-state index in [0.29, 0.717) is 22.4 Å². The minimum atomic E-state index is -0.556. The van der Waals surface area contributed by atoms with Crippen LogP contribution >= 0.6 is 0 Å². The van der Waals surface area contributed by atoms with Crippen molar-refractivity contribution >= 4 is 16.6 Å². The van der Waals surface area contributed by atoms with Gasteiger partial charge in [0.2, 0.25) is 0 Å². The molecule has 2 heterocycles. The number of fused-ring (bicyclic) bond motifs is 1. The van der Waals surface area contributed by atoms with Crippen molar-refractivity contribution in [3.63, 3.8) is 0 Å². The van der Waals surface area contributed by atoms with Crippen LogP contribution in [-0.2, 0) is 5.54 Å². The first kappa shape index (κ1) is 13.8. The second-order valence-corrected chi connectivity index (χ2v) is 5.85. The predicted molar refractivity (Wildman–Crippen MR) is 80.4 cm³/mol. The third-order valence-corrected chi connectivity index (χ3v) is 4.33. The molecule has 3 N–H and O–H groups in total. The van der Waals surface area contributed by atoms with Crippen molar-refractivity contribution in [1.82, 2.24) is 20.3 Å². The van der Waals surface area contributed by atoms with Crippen LogP contribution in [0.5, 0.6) is 0 Å². The maximum Gasteiger partial charge on any atom is 0.279 e. The van der Waals surface area contributed by atoms with Gasteiger partial charge in [0.05, 0.1) is 16.0 Å². The second-order valence-electron chi connectivity index (χ2n) is 5.85.